The molecule has 0 fully saturated rings. The van der Waals surface area contributed by atoms with Crippen molar-refractivity contribution in [1.29, 1.82) is 0 Å². The molecule has 0 radical (unpaired) electrons. The van der Waals surface area contributed by atoms with E-state index >= 15 is 0 Å². The van der Waals surface area contributed by atoms with Crippen LogP contribution in [0.5, 0.6) is 0 Å². The maximum Gasteiger partial charge on any atom is 0.243 e. The van der Waals surface area contributed by atoms with E-state index in [9.17, 15) is 13.2 Å². The van der Waals surface area contributed by atoms with Crippen LogP contribution < -0.4 is 5.32 Å². The van der Waals surface area contributed by atoms with E-state index < -0.39 is 10.0 Å². The first kappa shape index (κ1) is 18.2. The minimum absolute atomic E-state index is 0.183. The molecule has 0 aliphatic heterocycles. The highest BCUT2D eigenvalue weighted by Gasteiger charge is 2.25. The Morgan fingerprint density at radius 3 is 2.12 bits per heavy atom. The normalized spacial score (nSPS) is 12.8. The molecular formula is C18H22N2O3S. The number of nitrogens with zero attached hydrogens (tertiary/aromatic N) is 1. The number of likely N-dealkylation sites (N-methyl/N-ethyl adjacent to an activating group) is 1. The van der Waals surface area contributed by atoms with Crippen LogP contribution in [0.4, 0.5) is 0 Å². The van der Waals surface area contributed by atoms with Gasteiger partial charge in [-0.15, -0.1) is 0 Å². The lowest BCUT2D eigenvalue weighted by Gasteiger charge is -2.21. The Morgan fingerprint density at radius 1 is 1.04 bits per heavy atom. The Bertz CT molecular complexity index is 761. The van der Waals surface area contributed by atoms with E-state index in [-0.39, 0.29) is 29.9 Å². The van der Waals surface area contributed by atoms with Crippen LogP contribution in [0, 0.1) is 0 Å². The number of carbonyl (C=O) groups is 1. The Balaban J connectivity index is 2.06. The largest absolute Gasteiger partial charge is 0.348 e. The molecule has 6 heteroatoms. The molecule has 1 amide bonds. The molecule has 0 aliphatic carbocycles. The van der Waals surface area contributed by atoms with Gasteiger partial charge in [0.2, 0.25) is 15.9 Å². The van der Waals surface area contributed by atoms with Gasteiger partial charge >= 0.3 is 0 Å². The minimum atomic E-state index is -3.67. The lowest BCUT2D eigenvalue weighted by atomic mass is 10.1. The molecule has 128 valence electrons. The third kappa shape index (κ3) is 4.43. The molecule has 0 heterocycles. The molecule has 2 aromatic rings. The molecule has 0 bridgehead atoms. The molecule has 24 heavy (non-hydrogen) atoms. The molecule has 2 aromatic carbocycles. The first-order valence-electron chi connectivity index (χ1n) is 7.84. The predicted octanol–water partition coefficient (Wildman–Crippen LogP) is 2.57. The van der Waals surface area contributed by atoms with E-state index in [4.69, 9.17) is 0 Å². The van der Waals surface area contributed by atoms with Crippen LogP contribution in [-0.4, -0.2) is 31.7 Å². The fourth-order valence-corrected chi connectivity index (χ4v) is 3.81. The van der Waals surface area contributed by atoms with Crippen molar-refractivity contribution in [3.63, 3.8) is 0 Å². The van der Waals surface area contributed by atoms with Gasteiger partial charge in [-0.1, -0.05) is 55.5 Å². The quantitative estimate of drug-likeness (QED) is 0.838. The van der Waals surface area contributed by atoms with Gasteiger partial charge in [-0.2, -0.15) is 4.31 Å². The molecular weight excluding hydrogens is 324 g/mol. The lowest BCUT2D eigenvalue weighted by Crippen LogP contribution is -2.41. The van der Waals surface area contributed by atoms with Gasteiger partial charge in [-0.25, -0.2) is 8.42 Å². The number of rotatable bonds is 7. The third-order valence-electron chi connectivity index (χ3n) is 3.73. The maximum atomic E-state index is 12.6. The second-order valence-corrected chi connectivity index (χ2v) is 7.38. The third-order valence-corrected chi connectivity index (χ3v) is 5.67. The van der Waals surface area contributed by atoms with Crippen molar-refractivity contribution >= 4 is 15.9 Å². The number of carbonyl (C=O) groups excluding carboxylic acids is 1. The number of hydrogen-bond donors (Lipinski definition) is 1. The first-order valence-corrected chi connectivity index (χ1v) is 9.28. The van der Waals surface area contributed by atoms with Crippen LogP contribution in [-0.2, 0) is 14.8 Å². The van der Waals surface area contributed by atoms with Crippen LogP contribution in [0.25, 0.3) is 0 Å². The summed E-state index contributed by atoms with van der Waals surface area (Å²) < 4.78 is 26.4. The number of amides is 1. The summed E-state index contributed by atoms with van der Waals surface area (Å²) in [7, 11) is -3.67. The van der Waals surface area contributed by atoms with Crippen LogP contribution in [0.3, 0.4) is 0 Å². The zero-order chi connectivity index (χ0) is 17.6. The highest BCUT2D eigenvalue weighted by atomic mass is 32.2. The number of sulfonamides is 1. The van der Waals surface area contributed by atoms with E-state index in [0.29, 0.717) is 0 Å². The average Bonchev–Trinajstić information content (AvgIpc) is 2.61. The molecule has 5 nitrogen and oxygen atoms in total. The van der Waals surface area contributed by atoms with Crippen molar-refractivity contribution in [2.75, 3.05) is 13.1 Å². The molecule has 2 rings (SSSR count). The minimum Gasteiger partial charge on any atom is -0.348 e. The summed E-state index contributed by atoms with van der Waals surface area (Å²) in [4.78, 5) is 12.4. The van der Waals surface area contributed by atoms with Gasteiger partial charge in [0.05, 0.1) is 17.5 Å². The van der Waals surface area contributed by atoms with E-state index in [0.717, 1.165) is 5.56 Å². The topological polar surface area (TPSA) is 66.5 Å². The van der Waals surface area contributed by atoms with E-state index in [1.165, 1.54) is 16.4 Å². The van der Waals surface area contributed by atoms with Gasteiger partial charge in [0.25, 0.3) is 0 Å². The monoisotopic (exact) mass is 346 g/mol. The summed E-state index contributed by atoms with van der Waals surface area (Å²) in [6.45, 7) is 3.61. The van der Waals surface area contributed by atoms with E-state index in [1.54, 1.807) is 25.1 Å². The van der Waals surface area contributed by atoms with Gasteiger partial charge in [0.15, 0.2) is 0 Å². The molecule has 1 atom stereocenters. The van der Waals surface area contributed by atoms with Crippen molar-refractivity contribution in [2.24, 2.45) is 0 Å². The number of benzene rings is 2. The SMILES string of the molecule is CCN(CC(=O)N[C@H](C)c1ccccc1)S(=O)(=O)c1ccccc1. The molecule has 0 saturated carbocycles. The van der Waals surface area contributed by atoms with Gasteiger partial charge in [-0.05, 0) is 24.6 Å². The molecule has 1 N–H and O–H groups in total. The van der Waals surface area contributed by atoms with Crippen molar-refractivity contribution < 1.29 is 13.2 Å². The van der Waals surface area contributed by atoms with Crippen LogP contribution >= 0.6 is 0 Å². The van der Waals surface area contributed by atoms with Crippen LogP contribution in [0.1, 0.15) is 25.5 Å². The van der Waals surface area contributed by atoms with Gasteiger partial charge in [0, 0.05) is 6.54 Å². The van der Waals surface area contributed by atoms with Crippen LogP contribution in [0.2, 0.25) is 0 Å². The summed E-state index contributed by atoms with van der Waals surface area (Å²) in [6.07, 6.45) is 0. The fraction of sp³-hybridized carbons (Fsp3) is 0.278. The van der Waals surface area contributed by atoms with Crippen molar-refractivity contribution in [1.82, 2.24) is 9.62 Å². The molecule has 0 saturated heterocycles. The van der Waals surface area contributed by atoms with Gasteiger partial charge < -0.3 is 5.32 Å². The Labute approximate surface area is 143 Å². The lowest BCUT2D eigenvalue weighted by molar-refractivity contribution is -0.121. The smallest absolute Gasteiger partial charge is 0.243 e. The summed E-state index contributed by atoms with van der Waals surface area (Å²) in [5.74, 6) is -0.326. The van der Waals surface area contributed by atoms with E-state index in [2.05, 4.69) is 5.32 Å². The summed E-state index contributed by atoms with van der Waals surface area (Å²) >= 11 is 0. The Kier molecular flexibility index (Phi) is 6.11. The average molecular weight is 346 g/mol. The Morgan fingerprint density at radius 2 is 1.58 bits per heavy atom. The maximum absolute atomic E-state index is 12.6. The number of hydrogen-bond acceptors (Lipinski definition) is 3. The molecule has 0 spiro atoms. The molecule has 0 aromatic heterocycles. The number of nitrogens with one attached hydrogen (secondary N) is 1. The summed E-state index contributed by atoms with van der Waals surface area (Å²) in [5.41, 5.74) is 0.972. The zero-order valence-corrected chi connectivity index (χ0v) is 14.7. The first-order chi connectivity index (χ1) is 11.4. The highest BCUT2D eigenvalue weighted by molar-refractivity contribution is 7.89. The predicted molar refractivity (Wildman–Crippen MR) is 93.9 cm³/mol. The standard InChI is InChI=1S/C18H22N2O3S/c1-3-20(24(22,23)17-12-8-5-9-13-17)14-18(21)19-15(2)16-10-6-4-7-11-16/h4-13,15H,3,14H2,1-2H3,(H,19,21)/t15-/m1/s1. The second-order valence-electron chi connectivity index (χ2n) is 5.44. The van der Waals surface area contributed by atoms with Crippen LogP contribution in [0.15, 0.2) is 65.6 Å². The highest BCUT2D eigenvalue weighted by Crippen LogP contribution is 2.15. The zero-order valence-electron chi connectivity index (χ0n) is 13.8. The molecule has 0 unspecified atom stereocenters. The van der Waals surface area contributed by atoms with Crippen molar-refractivity contribution in [2.45, 2.75) is 24.8 Å². The van der Waals surface area contributed by atoms with Gasteiger partial charge in [0.1, 0.15) is 0 Å². The van der Waals surface area contributed by atoms with E-state index in [1.807, 2.05) is 37.3 Å². The molecule has 0 aliphatic rings. The Hall–Kier alpha value is -2.18. The van der Waals surface area contributed by atoms with Crippen molar-refractivity contribution in [3.05, 3.63) is 66.2 Å². The fourth-order valence-electron chi connectivity index (χ4n) is 2.38. The summed E-state index contributed by atoms with van der Waals surface area (Å²) in [5, 5.41) is 2.84. The van der Waals surface area contributed by atoms with Gasteiger partial charge in [-0.3, -0.25) is 4.79 Å². The summed E-state index contributed by atoms with van der Waals surface area (Å²) in [6, 6.07) is 17.5. The second kappa shape index (κ2) is 8.08. The van der Waals surface area contributed by atoms with Crippen molar-refractivity contribution in [3.8, 4) is 0 Å².